The van der Waals surface area contributed by atoms with Gasteiger partial charge in [0.2, 0.25) is 0 Å². The third-order valence-corrected chi connectivity index (χ3v) is 17.7. The van der Waals surface area contributed by atoms with Gasteiger partial charge in [-0.1, -0.05) is 125 Å². The summed E-state index contributed by atoms with van der Waals surface area (Å²) in [4.78, 5) is 94.8. The summed E-state index contributed by atoms with van der Waals surface area (Å²) in [6.07, 6.45) is -9.40. The van der Waals surface area contributed by atoms with Gasteiger partial charge in [-0.25, -0.2) is 23.5 Å². The Kier molecular flexibility index (Phi) is 29.3. The van der Waals surface area contributed by atoms with E-state index in [-0.39, 0.29) is 84.8 Å². The fraction of sp³-hybridized carbons (Fsp3) is 0.150. The number of ketones is 2. The summed E-state index contributed by atoms with van der Waals surface area (Å²) in [7, 11) is 0. The zero-order valence-corrected chi connectivity index (χ0v) is 64.8. The van der Waals surface area contributed by atoms with Gasteiger partial charge in [0, 0.05) is 50.2 Å². The van der Waals surface area contributed by atoms with Crippen LogP contribution in [0.4, 0.5) is 62.8 Å². The Labute approximate surface area is 684 Å². The van der Waals surface area contributed by atoms with E-state index < -0.39 is 69.2 Å². The van der Waals surface area contributed by atoms with Gasteiger partial charge in [-0.15, -0.1) is 0 Å². The van der Waals surface area contributed by atoms with E-state index >= 15 is 0 Å². The van der Waals surface area contributed by atoms with Crippen LogP contribution in [0.2, 0.25) is 20.1 Å². The van der Waals surface area contributed by atoms with Crippen LogP contribution in [-0.4, -0.2) is 103 Å². The maximum absolute atomic E-state index is 12.9. The number of carbonyl (C=O) groups excluding carboxylic acids is 7. The molecule has 14 rings (SSSR count). The predicted molar refractivity (Wildman–Crippen MR) is 423 cm³/mol. The number of benzene rings is 8. The molecule has 0 saturated heterocycles. The Hall–Kier alpha value is -12.5. The van der Waals surface area contributed by atoms with Crippen molar-refractivity contribution in [1.29, 1.82) is 0 Å². The predicted octanol–water partition coefficient (Wildman–Crippen LogP) is 19.0. The second kappa shape index (κ2) is 38.8. The number of halogens is 14. The fourth-order valence-corrected chi connectivity index (χ4v) is 11.3. The molecule has 0 bridgehead atoms. The molecule has 2 aliphatic carbocycles. The van der Waals surface area contributed by atoms with Crippen molar-refractivity contribution in [3.63, 3.8) is 0 Å². The maximum atomic E-state index is 12.9. The SMILES string of the molecule is CC(=O)c1cc(N)n(-c2ccccc2)n1.CC(=O)c1cc(NC(=O)c2ccc(C(F)(F)F)cc2Cl)n(-c2ccccc2)n1.Cc1ccc(C(=O)Cl)c(Cl)c1.NC1CC1.O=C(NC1CC1)c1cc(NC(=O)c2ccc(C(F)(F)F)cc2Cl)n(-c2ccccc2)n1.O=C(O)c1cc(NC(=O)c2ccc(C(F)(F)F)cc2Cl)n(-c2ccccc2)n1. The molecule has 12 aromatic rings. The average Bonchev–Trinajstić information content (AvgIpc) is 1.67. The van der Waals surface area contributed by atoms with Crippen molar-refractivity contribution >= 4 is 128 Å². The number of aromatic nitrogens is 8. The Bertz CT molecular complexity index is 5460. The molecule has 2 fully saturated rings. The lowest BCUT2D eigenvalue weighted by Crippen LogP contribution is -2.25. The Balaban J connectivity index is 0.000000171. The Morgan fingerprint density at radius 1 is 0.402 bits per heavy atom. The van der Waals surface area contributed by atoms with Crippen molar-refractivity contribution in [1.82, 2.24) is 44.4 Å². The number of Topliss-reactive ketones (excluding diaryl/α,β-unsaturated/α-hetero) is 2. The summed E-state index contributed by atoms with van der Waals surface area (Å²) in [6, 6.07) is 54.0. The number of nitrogens with two attached hydrogens (primary N) is 2. The van der Waals surface area contributed by atoms with E-state index in [2.05, 4.69) is 41.7 Å². The molecule has 23 nitrogen and oxygen atoms in total. The third-order valence-electron chi connectivity index (χ3n) is 16.3. The smallest absolute Gasteiger partial charge is 0.416 e. The highest BCUT2D eigenvalue weighted by Crippen LogP contribution is 2.36. The van der Waals surface area contributed by atoms with Gasteiger partial charge in [0.15, 0.2) is 23.0 Å². The number of nitrogens with one attached hydrogen (secondary N) is 4. The van der Waals surface area contributed by atoms with Crippen molar-refractivity contribution in [2.24, 2.45) is 5.73 Å². The second-order valence-corrected chi connectivity index (χ2v) is 27.4. The number of aryl methyl sites for hydroxylation is 1. The summed E-state index contributed by atoms with van der Waals surface area (Å²) in [5.41, 5.74) is 11.8. The number of amides is 4. The van der Waals surface area contributed by atoms with Crippen LogP contribution in [0.15, 0.2) is 218 Å². The number of carbonyl (C=O) groups is 8. The van der Waals surface area contributed by atoms with E-state index in [4.69, 9.17) is 74.6 Å². The lowest BCUT2D eigenvalue weighted by atomic mass is 10.1. The van der Waals surface area contributed by atoms with Gasteiger partial charge < -0.3 is 37.8 Å². The Morgan fingerprint density at radius 2 is 0.701 bits per heavy atom. The largest absolute Gasteiger partial charge is 0.476 e. The summed E-state index contributed by atoms with van der Waals surface area (Å²) in [5, 5.41) is 34.8. The number of hydrogen-bond donors (Lipinski definition) is 7. The monoisotopic (exact) mass is 1710 g/mol. The van der Waals surface area contributed by atoms with E-state index in [9.17, 15) is 77.9 Å². The fourth-order valence-electron chi connectivity index (χ4n) is 9.98. The first-order valence-corrected chi connectivity index (χ1v) is 36.3. The van der Waals surface area contributed by atoms with E-state index in [1.54, 1.807) is 120 Å². The normalized spacial score (nSPS) is 12.2. The molecule has 0 atom stereocenters. The molecular weight excluding hydrogens is 1650 g/mol. The van der Waals surface area contributed by atoms with Gasteiger partial charge >= 0.3 is 24.5 Å². The first-order chi connectivity index (χ1) is 55.2. The zero-order valence-electron chi connectivity index (χ0n) is 61.0. The number of nitrogens with zero attached hydrogens (tertiary/aromatic N) is 8. The topological polar surface area (TPSA) is 328 Å². The number of hydrogen-bond acceptors (Lipinski definition) is 14. The minimum absolute atomic E-state index is 0.0181. The van der Waals surface area contributed by atoms with Crippen LogP contribution in [0.25, 0.3) is 22.7 Å². The van der Waals surface area contributed by atoms with E-state index in [1.165, 1.54) is 52.9 Å². The van der Waals surface area contributed by atoms with Gasteiger partial charge in [0.1, 0.15) is 34.7 Å². The molecule has 0 unspecified atom stereocenters. The summed E-state index contributed by atoms with van der Waals surface area (Å²) in [6.45, 7) is 4.70. The lowest BCUT2D eigenvalue weighted by Gasteiger charge is -2.11. The van der Waals surface area contributed by atoms with Crippen molar-refractivity contribution in [3.8, 4) is 22.7 Å². The van der Waals surface area contributed by atoms with Crippen LogP contribution >= 0.6 is 58.0 Å². The second-order valence-electron chi connectivity index (χ2n) is 25.4. The molecule has 4 aromatic heterocycles. The minimum atomic E-state index is -4.60. The molecule has 9 N–H and O–H groups in total. The zero-order chi connectivity index (χ0) is 85.4. The number of carboxylic acid groups (broad SMARTS) is 1. The molecule has 2 saturated carbocycles. The average molecular weight is 1710 g/mol. The number of rotatable bonds is 16. The van der Waals surface area contributed by atoms with Crippen LogP contribution in [0, 0.1) is 6.92 Å². The Morgan fingerprint density at radius 3 is 1.00 bits per heavy atom. The first-order valence-electron chi connectivity index (χ1n) is 34.4. The van der Waals surface area contributed by atoms with E-state index in [0.29, 0.717) is 63.4 Å². The van der Waals surface area contributed by atoms with Crippen molar-refractivity contribution < 1.29 is 83.0 Å². The van der Waals surface area contributed by atoms with E-state index in [1.807, 2.05) is 37.3 Å². The highest BCUT2D eigenvalue weighted by atomic mass is 35.5. The van der Waals surface area contributed by atoms with Crippen molar-refractivity contribution in [2.75, 3.05) is 21.7 Å². The van der Waals surface area contributed by atoms with Gasteiger partial charge in [0.25, 0.3) is 28.9 Å². The number of alkyl halides is 9. The van der Waals surface area contributed by atoms with Crippen molar-refractivity contribution in [3.05, 3.63) is 306 Å². The van der Waals surface area contributed by atoms with Crippen molar-refractivity contribution in [2.45, 2.75) is 77.1 Å². The molecule has 0 spiro atoms. The molecule has 8 aromatic carbocycles. The van der Waals surface area contributed by atoms with Crippen LogP contribution in [-0.2, 0) is 18.5 Å². The molecular formula is C80H64Cl5F9N14O9. The minimum Gasteiger partial charge on any atom is -0.476 e. The number of nitrogen functional groups attached to an aromatic ring is 1. The quantitative estimate of drug-likeness (QED) is 0.0269. The molecule has 117 heavy (non-hydrogen) atoms. The van der Waals surface area contributed by atoms with E-state index in [0.717, 1.165) is 66.6 Å². The molecule has 606 valence electrons. The van der Waals surface area contributed by atoms with Crippen LogP contribution in [0.3, 0.4) is 0 Å². The van der Waals surface area contributed by atoms with Gasteiger partial charge in [-0.2, -0.15) is 59.9 Å². The number of para-hydroxylation sites is 4. The molecule has 4 heterocycles. The van der Waals surface area contributed by atoms with Gasteiger partial charge in [-0.05, 0) is 165 Å². The highest BCUT2D eigenvalue weighted by molar-refractivity contribution is 6.68. The summed E-state index contributed by atoms with van der Waals surface area (Å²) < 4.78 is 121. The molecule has 37 heteroatoms. The van der Waals surface area contributed by atoms with Gasteiger partial charge in [0.05, 0.1) is 81.8 Å². The first kappa shape index (κ1) is 88.5. The molecule has 0 aliphatic heterocycles. The number of aromatic carboxylic acids is 1. The van der Waals surface area contributed by atoms with Crippen LogP contribution < -0.4 is 32.7 Å². The summed E-state index contributed by atoms with van der Waals surface area (Å²) >= 11 is 28.6. The number of anilines is 4. The lowest BCUT2D eigenvalue weighted by molar-refractivity contribution is -0.138. The third kappa shape index (κ3) is 24.8. The highest BCUT2D eigenvalue weighted by Gasteiger charge is 2.35. The van der Waals surface area contributed by atoms with Gasteiger partial charge in [-0.3, -0.25) is 33.6 Å². The van der Waals surface area contributed by atoms with Crippen LogP contribution in [0.5, 0.6) is 0 Å². The van der Waals surface area contributed by atoms with Crippen LogP contribution in [0.1, 0.15) is 145 Å². The summed E-state index contributed by atoms with van der Waals surface area (Å²) in [5.74, 6) is -3.52. The maximum Gasteiger partial charge on any atom is 0.416 e. The standard InChI is InChI=1S/C21H16ClF3N4O2.C19H13ClF3N3O2.C18H11ClF3N3O3.C11H11N3O.C8H6Cl2O.C3H7N/c22-16-10-12(21(23,24)25)6-9-15(16)19(30)27-18-11-17(20(31)26-13-7-8-13)28-29(18)14-4-2-1-3-5-14;1-11(27)16-10-17(26(25-16)13-5-3-2-4-6-13)24-18(28)14-8-7-12(9-15(14)20)19(21,22)23;19-13-8-10(18(20,21)22)6-7-12(13)16(26)23-15-9-14(17(27)28)24-25(15)11-4-2-1-3-5-11;1-8(15)10-7-11(12)14(13-10)9-5-3-2-4-6-9;1-5-2-3-6(8(10)11)7(9)4-5;4-3-1-2-3/h1-6,9-11,13H,7-8H2,(H,26,31)(H,27,30);2-10H,1H3,(H,24,28);1-9H,(H,23,26)(H,27,28);2-7H,12H2,1H3;2-4H,1H3;3H,1-2,4H2. The molecule has 0 radical (unpaired) electrons. The number of carboxylic acids is 1. The molecule has 4 amide bonds. The molecule has 2 aliphatic rings.